The van der Waals surface area contributed by atoms with E-state index in [-0.39, 0.29) is 23.8 Å². The molecule has 4 aromatic carbocycles. The molecule has 0 saturated heterocycles. The van der Waals surface area contributed by atoms with E-state index in [2.05, 4.69) is 21.2 Å². The molecule has 242 valence electrons. The predicted octanol–water partition coefficient (Wildman–Crippen LogP) is 7.13. The Morgan fingerprint density at radius 1 is 0.804 bits per heavy atom. The van der Waals surface area contributed by atoms with Gasteiger partial charge in [0, 0.05) is 24.0 Å². The zero-order valence-electron chi connectivity index (χ0n) is 26.9. The average molecular weight is 705 g/mol. The summed E-state index contributed by atoms with van der Waals surface area (Å²) in [6, 6.07) is 28.3. The number of anilines is 1. The van der Waals surface area contributed by atoms with Crippen molar-refractivity contribution in [3.8, 4) is 0 Å². The first-order chi connectivity index (χ1) is 22.0. The molecule has 7 nitrogen and oxygen atoms in total. The third-order valence-electron chi connectivity index (χ3n) is 7.72. The number of unbranched alkanes of at least 4 members (excludes halogenated alkanes) is 1. The third-order valence-corrected chi connectivity index (χ3v) is 10.0. The van der Waals surface area contributed by atoms with E-state index < -0.39 is 28.5 Å². The summed E-state index contributed by atoms with van der Waals surface area (Å²) in [4.78, 5) is 30.1. The summed E-state index contributed by atoms with van der Waals surface area (Å²) in [5.74, 6) is -0.763. The van der Waals surface area contributed by atoms with Gasteiger partial charge in [-0.25, -0.2) is 8.42 Å². The first-order valence-electron chi connectivity index (χ1n) is 15.5. The van der Waals surface area contributed by atoms with Crippen LogP contribution in [0.25, 0.3) is 0 Å². The van der Waals surface area contributed by atoms with Gasteiger partial charge in [0.2, 0.25) is 11.8 Å². The molecule has 0 saturated carbocycles. The van der Waals surface area contributed by atoms with Crippen molar-refractivity contribution >= 4 is 43.5 Å². The molecule has 46 heavy (non-hydrogen) atoms. The van der Waals surface area contributed by atoms with Gasteiger partial charge in [0.05, 0.1) is 10.6 Å². The smallest absolute Gasteiger partial charge is 0.264 e. The minimum absolute atomic E-state index is 0.0849. The molecular formula is C37H42BrN3O4S. The molecule has 9 heteroatoms. The molecule has 0 fully saturated rings. The van der Waals surface area contributed by atoms with Crippen molar-refractivity contribution in [2.75, 3.05) is 17.4 Å². The SMILES string of the molecule is CCCCNC(=O)[C@H](Cc1ccccc1)N(Cc1cccc(Br)c1)C(=O)CN(c1cc(C)cc(C)c1)S(=O)(=O)c1ccc(C)cc1. The topological polar surface area (TPSA) is 86.8 Å². The second-order valence-electron chi connectivity index (χ2n) is 11.7. The van der Waals surface area contributed by atoms with Gasteiger partial charge in [-0.3, -0.25) is 13.9 Å². The number of nitrogens with zero attached hydrogens (tertiary/aromatic N) is 2. The number of sulfonamides is 1. The lowest BCUT2D eigenvalue weighted by Crippen LogP contribution is -2.53. The lowest BCUT2D eigenvalue weighted by atomic mass is 10.0. The number of amides is 2. The van der Waals surface area contributed by atoms with E-state index in [1.165, 1.54) is 9.21 Å². The lowest BCUT2D eigenvalue weighted by Gasteiger charge is -2.34. The molecule has 0 radical (unpaired) electrons. The van der Waals surface area contributed by atoms with Crippen LogP contribution >= 0.6 is 15.9 Å². The van der Waals surface area contributed by atoms with Gasteiger partial charge >= 0.3 is 0 Å². The first kappa shape index (κ1) is 34.9. The van der Waals surface area contributed by atoms with Gasteiger partial charge in [-0.2, -0.15) is 0 Å². The quantitative estimate of drug-likeness (QED) is 0.142. The number of rotatable bonds is 14. The summed E-state index contributed by atoms with van der Waals surface area (Å²) in [5, 5.41) is 3.02. The minimum atomic E-state index is -4.16. The van der Waals surface area contributed by atoms with Crippen molar-refractivity contribution in [1.82, 2.24) is 10.2 Å². The zero-order chi connectivity index (χ0) is 33.3. The van der Waals surface area contributed by atoms with Crippen molar-refractivity contribution < 1.29 is 18.0 Å². The molecule has 0 bridgehead atoms. The standard InChI is InChI=1S/C37H42BrN3O4S/c1-5-6-19-39-37(43)35(24-30-11-8-7-9-12-30)40(25-31-13-10-14-32(38)23-31)36(42)26-41(33-21-28(3)20-29(4)22-33)46(44,45)34-17-15-27(2)16-18-34/h7-18,20-23,35H,5-6,19,24-26H2,1-4H3,(H,39,43)/t35-/m0/s1. The van der Waals surface area contributed by atoms with E-state index in [0.717, 1.165) is 45.1 Å². The summed E-state index contributed by atoms with van der Waals surface area (Å²) >= 11 is 3.52. The van der Waals surface area contributed by atoms with Crippen molar-refractivity contribution in [2.45, 2.75) is 64.4 Å². The maximum atomic E-state index is 14.6. The highest BCUT2D eigenvalue weighted by molar-refractivity contribution is 9.10. The van der Waals surface area contributed by atoms with Crippen LogP contribution in [0.4, 0.5) is 5.69 Å². The van der Waals surface area contributed by atoms with Gasteiger partial charge in [0.1, 0.15) is 12.6 Å². The molecule has 0 aliphatic carbocycles. The van der Waals surface area contributed by atoms with Crippen LogP contribution in [-0.4, -0.2) is 44.3 Å². The molecule has 0 aliphatic rings. The van der Waals surface area contributed by atoms with Crippen molar-refractivity contribution in [3.63, 3.8) is 0 Å². The average Bonchev–Trinajstić information content (AvgIpc) is 3.01. The van der Waals surface area contributed by atoms with Crippen molar-refractivity contribution in [1.29, 1.82) is 0 Å². The number of nitrogens with one attached hydrogen (secondary N) is 1. The Morgan fingerprint density at radius 2 is 1.46 bits per heavy atom. The Kier molecular flexibility index (Phi) is 12.2. The molecule has 4 rings (SSSR count). The largest absolute Gasteiger partial charge is 0.354 e. The minimum Gasteiger partial charge on any atom is -0.354 e. The molecule has 1 N–H and O–H groups in total. The van der Waals surface area contributed by atoms with E-state index in [9.17, 15) is 18.0 Å². The number of carbonyl (C=O) groups excluding carboxylic acids is 2. The van der Waals surface area contributed by atoms with Gasteiger partial charge in [-0.1, -0.05) is 95.5 Å². The van der Waals surface area contributed by atoms with Crippen LogP contribution in [0.1, 0.15) is 47.6 Å². The fourth-order valence-corrected chi connectivity index (χ4v) is 7.20. The third kappa shape index (κ3) is 9.30. The van der Waals surface area contributed by atoms with Crippen LogP contribution in [0.3, 0.4) is 0 Å². The molecule has 0 aromatic heterocycles. The van der Waals surface area contributed by atoms with Crippen LogP contribution in [0, 0.1) is 20.8 Å². The van der Waals surface area contributed by atoms with E-state index in [1.54, 1.807) is 36.4 Å². The zero-order valence-corrected chi connectivity index (χ0v) is 29.3. The highest BCUT2D eigenvalue weighted by Gasteiger charge is 2.34. The van der Waals surface area contributed by atoms with Gasteiger partial charge in [-0.15, -0.1) is 0 Å². The summed E-state index contributed by atoms with van der Waals surface area (Å²) < 4.78 is 30.5. The van der Waals surface area contributed by atoms with Crippen LogP contribution in [-0.2, 0) is 32.6 Å². The molecule has 4 aromatic rings. The van der Waals surface area contributed by atoms with Crippen LogP contribution in [0.2, 0.25) is 0 Å². The van der Waals surface area contributed by atoms with Crippen molar-refractivity contribution in [2.24, 2.45) is 0 Å². The van der Waals surface area contributed by atoms with Gasteiger partial charge in [0.25, 0.3) is 10.0 Å². The second-order valence-corrected chi connectivity index (χ2v) is 14.5. The van der Waals surface area contributed by atoms with E-state index in [4.69, 9.17) is 0 Å². The fraction of sp³-hybridized carbons (Fsp3) is 0.297. The summed E-state index contributed by atoms with van der Waals surface area (Å²) in [5.41, 5.74) is 4.75. The number of benzene rings is 4. The molecule has 0 spiro atoms. The molecule has 0 unspecified atom stereocenters. The number of halogens is 1. The number of carbonyl (C=O) groups is 2. The molecule has 2 amide bonds. The van der Waals surface area contributed by atoms with Crippen LogP contribution in [0.15, 0.2) is 106 Å². The molecular weight excluding hydrogens is 662 g/mol. The van der Waals surface area contributed by atoms with Crippen LogP contribution in [0.5, 0.6) is 0 Å². The maximum absolute atomic E-state index is 14.6. The van der Waals surface area contributed by atoms with E-state index >= 15 is 0 Å². The van der Waals surface area contributed by atoms with Gasteiger partial charge in [-0.05, 0) is 85.8 Å². The normalized spacial score (nSPS) is 11.9. The van der Waals surface area contributed by atoms with Crippen molar-refractivity contribution in [3.05, 3.63) is 129 Å². The maximum Gasteiger partial charge on any atom is 0.264 e. The number of hydrogen-bond donors (Lipinski definition) is 1. The lowest BCUT2D eigenvalue weighted by molar-refractivity contribution is -0.140. The summed E-state index contributed by atoms with van der Waals surface area (Å²) in [7, 11) is -4.16. The molecule has 0 heterocycles. The number of hydrogen-bond acceptors (Lipinski definition) is 4. The Morgan fingerprint density at radius 3 is 2.09 bits per heavy atom. The Hall–Kier alpha value is -3.95. The first-order valence-corrected chi connectivity index (χ1v) is 17.7. The molecule has 0 aliphatic heterocycles. The Bertz CT molecular complexity index is 1720. The predicted molar refractivity (Wildman–Crippen MR) is 188 cm³/mol. The highest BCUT2D eigenvalue weighted by Crippen LogP contribution is 2.27. The van der Waals surface area contributed by atoms with Gasteiger partial charge in [0.15, 0.2) is 0 Å². The Labute approximate surface area is 281 Å². The Balaban J connectivity index is 1.81. The monoisotopic (exact) mass is 703 g/mol. The fourth-order valence-electron chi connectivity index (χ4n) is 5.35. The van der Waals surface area contributed by atoms with Crippen LogP contribution < -0.4 is 9.62 Å². The number of aryl methyl sites for hydroxylation is 3. The molecule has 1 atom stereocenters. The highest BCUT2D eigenvalue weighted by atomic mass is 79.9. The van der Waals surface area contributed by atoms with E-state index in [0.29, 0.717) is 12.2 Å². The van der Waals surface area contributed by atoms with E-state index in [1.807, 2.05) is 88.4 Å². The summed E-state index contributed by atoms with van der Waals surface area (Å²) in [6.07, 6.45) is 1.98. The van der Waals surface area contributed by atoms with Gasteiger partial charge < -0.3 is 10.2 Å². The summed E-state index contributed by atoms with van der Waals surface area (Å²) in [6.45, 7) is 7.84. The second kappa shape index (κ2) is 16.1.